The van der Waals surface area contributed by atoms with E-state index in [-0.39, 0.29) is 12.5 Å². The molecule has 0 saturated carbocycles. The number of nitrogens with zero attached hydrogens (tertiary/aromatic N) is 1. The molecule has 0 N–H and O–H groups in total. The lowest BCUT2D eigenvalue weighted by Gasteiger charge is -2.22. The van der Waals surface area contributed by atoms with Gasteiger partial charge in [-0.25, -0.2) is 0 Å². The van der Waals surface area contributed by atoms with Gasteiger partial charge in [0.05, 0.1) is 6.54 Å². The number of rotatable bonds is 5. The molecular weight excluding hydrogens is 250 g/mol. The highest BCUT2D eigenvalue weighted by atomic mass is 16.2. The van der Waals surface area contributed by atoms with E-state index in [1.54, 1.807) is 24.3 Å². The van der Waals surface area contributed by atoms with Gasteiger partial charge in [-0.3, -0.25) is 4.79 Å². The van der Waals surface area contributed by atoms with Crippen molar-refractivity contribution in [2.24, 2.45) is 0 Å². The lowest BCUT2D eigenvalue weighted by molar-refractivity contribution is -0.108. The van der Waals surface area contributed by atoms with Gasteiger partial charge in [0.2, 0.25) is 0 Å². The summed E-state index contributed by atoms with van der Waals surface area (Å²) in [6, 6.07) is 18.2. The number of hydrogen-bond acceptors (Lipinski definition) is 2. The van der Waals surface area contributed by atoms with Crippen LogP contribution in [0.15, 0.2) is 67.2 Å². The third-order valence-electron chi connectivity index (χ3n) is 2.96. The second-order valence-corrected chi connectivity index (χ2v) is 4.26. The SMILES string of the molecule is C=C(c1ccccc1)N(CC=O)C(=O)c1ccccc1. The standard InChI is InChI=1S/C17H15NO2/c1-14(15-8-4-2-5-9-15)18(12-13-19)17(20)16-10-6-3-7-11-16/h2-11,13H,1,12H2. The first-order valence-corrected chi connectivity index (χ1v) is 6.29. The van der Waals surface area contributed by atoms with E-state index in [9.17, 15) is 9.59 Å². The largest absolute Gasteiger partial charge is 0.301 e. The van der Waals surface area contributed by atoms with Crippen LogP contribution < -0.4 is 0 Å². The zero-order valence-corrected chi connectivity index (χ0v) is 11.0. The van der Waals surface area contributed by atoms with Crippen LogP contribution in [0.5, 0.6) is 0 Å². The van der Waals surface area contributed by atoms with Crippen LogP contribution in [0.3, 0.4) is 0 Å². The number of hydrogen-bond donors (Lipinski definition) is 0. The molecular formula is C17H15NO2. The third-order valence-corrected chi connectivity index (χ3v) is 2.96. The van der Waals surface area contributed by atoms with E-state index in [1.165, 1.54) is 4.90 Å². The summed E-state index contributed by atoms with van der Waals surface area (Å²) in [5.74, 6) is -0.230. The summed E-state index contributed by atoms with van der Waals surface area (Å²) >= 11 is 0. The van der Waals surface area contributed by atoms with Gasteiger partial charge in [-0.05, 0) is 17.7 Å². The summed E-state index contributed by atoms with van der Waals surface area (Å²) < 4.78 is 0. The van der Waals surface area contributed by atoms with Crippen LogP contribution in [-0.4, -0.2) is 23.6 Å². The van der Waals surface area contributed by atoms with Crippen molar-refractivity contribution in [2.75, 3.05) is 6.54 Å². The number of aldehydes is 1. The van der Waals surface area contributed by atoms with Gasteiger partial charge in [0.15, 0.2) is 0 Å². The van der Waals surface area contributed by atoms with E-state index >= 15 is 0 Å². The molecule has 1 amide bonds. The normalized spacial score (nSPS) is 9.80. The maximum Gasteiger partial charge on any atom is 0.258 e. The fraction of sp³-hybridized carbons (Fsp3) is 0.0588. The molecule has 3 heteroatoms. The molecule has 100 valence electrons. The number of amides is 1. The Morgan fingerprint density at radius 1 is 0.950 bits per heavy atom. The minimum Gasteiger partial charge on any atom is -0.301 e. The lowest BCUT2D eigenvalue weighted by Crippen LogP contribution is -2.30. The van der Waals surface area contributed by atoms with Crippen LogP contribution in [-0.2, 0) is 4.79 Å². The molecule has 0 unspecified atom stereocenters. The summed E-state index contributed by atoms with van der Waals surface area (Å²) in [5.41, 5.74) is 1.87. The van der Waals surface area contributed by atoms with Gasteiger partial charge >= 0.3 is 0 Å². The van der Waals surface area contributed by atoms with Crippen LogP contribution >= 0.6 is 0 Å². The highest BCUT2D eigenvalue weighted by Crippen LogP contribution is 2.19. The van der Waals surface area contributed by atoms with Gasteiger partial charge in [-0.15, -0.1) is 0 Å². The van der Waals surface area contributed by atoms with Crippen molar-refractivity contribution in [1.82, 2.24) is 4.90 Å². The Morgan fingerprint density at radius 3 is 1.95 bits per heavy atom. The summed E-state index contributed by atoms with van der Waals surface area (Å²) in [6.07, 6.45) is 0.703. The predicted molar refractivity (Wildman–Crippen MR) is 79.0 cm³/mol. The van der Waals surface area contributed by atoms with Gasteiger partial charge in [-0.1, -0.05) is 55.1 Å². The number of benzene rings is 2. The van der Waals surface area contributed by atoms with E-state index in [2.05, 4.69) is 6.58 Å². The van der Waals surface area contributed by atoms with E-state index in [4.69, 9.17) is 0 Å². The average molecular weight is 265 g/mol. The Kier molecular flexibility index (Phi) is 4.45. The van der Waals surface area contributed by atoms with E-state index in [0.717, 1.165) is 5.56 Å². The molecule has 3 nitrogen and oxygen atoms in total. The monoisotopic (exact) mass is 265 g/mol. The van der Waals surface area contributed by atoms with Crippen LogP contribution in [0, 0.1) is 0 Å². The zero-order valence-electron chi connectivity index (χ0n) is 11.0. The fourth-order valence-corrected chi connectivity index (χ4v) is 1.91. The quantitative estimate of drug-likeness (QED) is 0.779. The molecule has 0 bridgehead atoms. The summed E-state index contributed by atoms with van der Waals surface area (Å²) in [5, 5.41) is 0. The molecule has 0 spiro atoms. The van der Waals surface area contributed by atoms with Gasteiger partial charge in [0, 0.05) is 11.3 Å². The summed E-state index contributed by atoms with van der Waals surface area (Å²) in [6.45, 7) is 3.92. The van der Waals surface area contributed by atoms with E-state index < -0.39 is 0 Å². The Bertz CT molecular complexity index is 554. The molecule has 2 rings (SSSR count). The Labute approximate surface area is 118 Å². The molecule has 0 aliphatic carbocycles. The molecule has 2 aromatic carbocycles. The third kappa shape index (κ3) is 3.01. The minimum absolute atomic E-state index is 0.0124. The lowest BCUT2D eigenvalue weighted by atomic mass is 10.1. The first-order valence-electron chi connectivity index (χ1n) is 6.29. The van der Waals surface area contributed by atoms with Crippen molar-refractivity contribution in [3.8, 4) is 0 Å². The molecule has 0 heterocycles. The molecule has 20 heavy (non-hydrogen) atoms. The van der Waals surface area contributed by atoms with Gasteiger partial charge in [0.25, 0.3) is 5.91 Å². The molecule has 2 aromatic rings. The van der Waals surface area contributed by atoms with E-state index in [1.807, 2.05) is 36.4 Å². The molecule has 0 saturated heterocycles. The fourth-order valence-electron chi connectivity index (χ4n) is 1.91. The van der Waals surface area contributed by atoms with Crippen molar-refractivity contribution >= 4 is 17.9 Å². The molecule has 0 aromatic heterocycles. The maximum atomic E-state index is 12.5. The molecule has 0 aliphatic rings. The Morgan fingerprint density at radius 2 is 1.45 bits per heavy atom. The van der Waals surface area contributed by atoms with E-state index in [0.29, 0.717) is 17.5 Å². The summed E-state index contributed by atoms with van der Waals surface area (Å²) in [4.78, 5) is 24.7. The number of carbonyl (C=O) groups excluding carboxylic acids is 2. The van der Waals surface area contributed by atoms with Crippen LogP contribution in [0.1, 0.15) is 15.9 Å². The topological polar surface area (TPSA) is 37.4 Å². The predicted octanol–water partition coefficient (Wildman–Crippen LogP) is 3.00. The smallest absolute Gasteiger partial charge is 0.258 e. The second kappa shape index (κ2) is 6.48. The first kappa shape index (κ1) is 13.7. The van der Waals surface area contributed by atoms with Crippen LogP contribution in [0.2, 0.25) is 0 Å². The second-order valence-electron chi connectivity index (χ2n) is 4.26. The van der Waals surface area contributed by atoms with Crippen LogP contribution in [0.25, 0.3) is 5.70 Å². The highest BCUT2D eigenvalue weighted by molar-refractivity contribution is 6.00. The molecule has 0 radical (unpaired) electrons. The van der Waals surface area contributed by atoms with Crippen molar-refractivity contribution in [3.63, 3.8) is 0 Å². The Hall–Kier alpha value is -2.68. The van der Waals surface area contributed by atoms with Crippen molar-refractivity contribution < 1.29 is 9.59 Å². The van der Waals surface area contributed by atoms with Gasteiger partial charge < -0.3 is 9.69 Å². The average Bonchev–Trinajstić information content (AvgIpc) is 2.53. The summed E-state index contributed by atoms with van der Waals surface area (Å²) in [7, 11) is 0. The van der Waals surface area contributed by atoms with Crippen molar-refractivity contribution in [3.05, 3.63) is 78.4 Å². The highest BCUT2D eigenvalue weighted by Gasteiger charge is 2.18. The number of carbonyl (C=O) groups is 2. The van der Waals surface area contributed by atoms with Crippen molar-refractivity contribution in [1.29, 1.82) is 0 Å². The molecule has 0 atom stereocenters. The maximum absolute atomic E-state index is 12.5. The Balaban J connectivity index is 2.30. The van der Waals surface area contributed by atoms with Crippen LogP contribution in [0.4, 0.5) is 0 Å². The first-order chi connectivity index (χ1) is 9.74. The molecule has 0 aliphatic heterocycles. The van der Waals surface area contributed by atoms with Crippen molar-refractivity contribution in [2.45, 2.75) is 0 Å². The molecule has 0 fully saturated rings. The zero-order chi connectivity index (χ0) is 14.4. The van der Waals surface area contributed by atoms with Gasteiger partial charge in [0.1, 0.15) is 6.29 Å². The minimum atomic E-state index is -0.230. The van der Waals surface area contributed by atoms with Gasteiger partial charge in [-0.2, -0.15) is 0 Å².